The van der Waals surface area contributed by atoms with Crippen LogP contribution in [0.4, 0.5) is 5.69 Å². The largest absolute Gasteiger partial charge is 0.456 e. The molecule has 2 aromatic rings. The summed E-state index contributed by atoms with van der Waals surface area (Å²) in [4.78, 5) is 23.7. The first-order chi connectivity index (χ1) is 12.1. The van der Waals surface area contributed by atoms with Gasteiger partial charge >= 0.3 is 5.97 Å². The highest BCUT2D eigenvalue weighted by Crippen LogP contribution is 2.18. The quantitative estimate of drug-likeness (QED) is 0.786. The number of nitrogens with one attached hydrogen (secondary N) is 1. The molecule has 0 fully saturated rings. The van der Waals surface area contributed by atoms with Gasteiger partial charge in [-0.3, -0.25) is 9.59 Å². The number of nitrogens with zero attached hydrogens (tertiary/aromatic N) is 1. The Balaban J connectivity index is 1.75. The SMILES string of the molecule is C[C@@H](CC(=O)OCC(=O)Nc1ccc(CC#N)cc1)c1ccccc1. The van der Waals surface area contributed by atoms with Crippen molar-refractivity contribution >= 4 is 17.6 Å². The zero-order valence-corrected chi connectivity index (χ0v) is 14.1. The Morgan fingerprint density at radius 1 is 1.12 bits per heavy atom. The molecule has 0 bridgehead atoms. The third kappa shape index (κ3) is 6.11. The molecular weight excluding hydrogens is 316 g/mol. The lowest BCUT2D eigenvalue weighted by Crippen LogP contribution is -2.21. The summed E-state index contributed by atoms with van der Waals surface area (Å²) in [5, 5.41) is 11.3. The van der Waals surface area contributed by atoms with Crippen LogP contribution in [-0.2, 0) is 20.7 Å². The van der Waals surface area contributed by atoms with Crippen molar-refractivity contribution in [2.24, 2.45) is 0 Å². The molecule has 0 aliphatic heterocycles. The van der Waals surface area contributed by atoms with Gasteiger partial charge in [0, 0.05) is 5.69 Å². The molecule has 0 spiro atoms. The highest BCUT2D eigenvalue weighted by atomic mass is 16.5. The van der Waals surface area contributed by atoms with E-state index in [0.717, 1.165) is 11.1 Å². The smallest absolute Gasteiger partial charge is 0.306 e. The highest BCUT2D eigenvalue weighted by molar-refractivity contribution is 5.92. The van der Waals surface area contributed by atoms with Crippen molar-refractivity contribution in [3.8, 4) is 6.07 Å². The first kappa shape index (κ1) is 18.2. The van der Waals surface area contributed by atoms with Crippen LogP contribution in [0.1, 0.15) is 30.4 Å². The lowest BCUT2D eigenvalue weighted by molar-refractivity contribution is -0.147. The van der Waals surface area contributed by atoms with Gasteiger partial charge < -0.3 is 10.1 Å². The number of hydrogen-bond acceptors (Lipinski definition) is 4. The number of esters is 1. The normalized spacial score (nSPS) is 11.2. The molecule has 2 rings (SSSR count). The van der Waals surface area contributed by atoms with Gasteiger partial charge in [-0.2, -0.15) is 5.26 Å². The minimum atomic E-state index is -0.407. The maximum atomic E-state index is 11.9. The van der Waals surface area contributed by atoms with Crippen LogP contribution in [-0.4, -0.2) is 18.5 Å². The number of ether oxygens (including phenoxy) is 1. The van der Waals surface area contributed by atoms with E-state index >= 15 is 0 Å². The summed E-state index contributed by atoms with van der Waals surface area (Å²) in [6.07, 6.45) is 0.547. The number of amides is 1. The zero-order chi connectivity index (χ0) is 18.1. The summed E-state index contributed by atoms with van der Waals surface area (Å²) < 4.78 is 5.04. The van der Waals surface area contributed by atoms with Crippen molar-refractivity contribution < 1.29 is 14.3 Å². The molecule has 0 heterocycles. The summed E-state index contributed by atoms with van der Waals surface area (Å²) in [6, 6.07) is 18.7. The van der Waals surface area contributed by atoms with Gasteiger partial charge in [0.1, 0.15) is 0 Å². The Hall–Kier alpha value is -3.13. The number of carbonyl (C=O) groups excluding carboxylic acids is 2. The van der Waals surface area contributed by atoms with Crippen LogP contribution in [0.2, 0.25) is 0 Å². The fraction of sp³-hybridized carbons (Fsp3) is 0.250. The van der Waals surface area contributed by atoms with Gasteiger partial charge in [-0.15, -0.1) is 0 Å². The topological polar surface area (TPSA) is 79.2 Å². The number of carbonyl (C=O) groups is 2. The lowest BCUT2D eigenvalue weighted by Gasteiger charge is -2.11. The zero-order valence-electron chi connectivity index (χ0n) is 14.1. The predicted molar refractivity (Wildman–Crippen MR) is 94.8 cm³/mol. The van der Waals surface area contributed by atoms with Crippen LogP contribution < -0.4 is 5.32 Å². The van der Waals surface area contributed by atoms with Crippen LogP contribution >= 0.6 is 0 Å². The minimum Gasteiger partial charge on any atom is -0.456 e. The summed E-state index contributed by atoms with van der Waals surface area (Å²) in [6.45, 7) is 1.62. The second-order valence-electron chi connectivity index (χ2n) is 5.76. The fourth-order valence-corrected chi connectivity index (χ4v) is 2.35. The molecule has 0 unspecified atom stereocenters. The standard InChI is InChI=1S/C20H20N2O3/c1-15(17-5-3-2-4-6-17)13-20(24)25-14-19(23)22-18-9-7-16(8-10-18)11-12-21/h2-10,15H,11,13-14H2,1H3,(H,22,23)/t15-/m0/s1. The molecule has 0 aliphatic carbocycles. The van der Waals surface area contributed by atoms with Crippen molar-refractivity contribution in [1.29, 1.82) is 5.26 Å². The van der Waals surface area contributed by atoms with Crippen LogP contribution in [0.3, 0.4) is 0 Å². The van der Waals surface area contributed by atoms with E-state index in [0.29, 0.717) is 12.1 Å². The molecule has 1 N–H and O–H groups in total. The van der Waals surface area contributed by atoms with E-state index in [-0.39, 0.29) is 18.9 Å². The summed E-state index contributed by atoms with van der Waals surface area (Å²) in [7, 11) is 0. The monoisotopic (exact) mass is 336 g/mol. The molecule has 5 nitrogen and oxygen atoms in total. The van der Waals surface area contributed by atoms with Crippen molar-refractivity contribution in [1.82, 2.24) is 0 Å². The second kappa shape index (κ2) is 9.24. The molecule has 0 saturated heterocycles. The van der Waals surface area contributed by atoms with Gasteiger partial charge in [0.2, 0.25) is 0 Å². The number of nitriles is 1. The van der Waals surface area contributed by atoms with Crippen LogP contribution in [0.25, 0.3) is 0 Å². The molecule has 0 aliphatic rings. The Bertz CT molecular complexity index is 749. The maximum absolute atomic E-state index is 11.9. The van der Waals surface area contributed by atoms with Gasteiger partial charge in [-0.1, -0.05) is 49.4 Å². The average Bonchev–Trinajstić information content (AvgIpc) is 2.62. The third-order valence-electron chi connectivity index (χ3n) is 3.73. The Morgan fingerprint density at radius 3 is 2.44 bits per heavy atom. The summed E-state index contributed by atoms with van der Waals surface area (Å²) in [5.41, 5.74) is 2.53. The minimum absolute atomic E-state index is 0.0319. The highest BCUT2D eigenvalue weighted by Gasteiger charge is 2.13. The van der Waals surface area contributed by atoms with Gasteiger partial charge in [0.15, 0.2) is 6.61 Å². The van der Waals surface area contributed by atoms with E-state index in [4.69, 9.17) is 10.00 Å². The Labute approximate surface area is 147 Å². The van der Waals surface area contributed by atoms with E-state index in [1.807, 2.05) is 37.3 Å². The van der Waals surface area contributed by atoms with E-state index in [1.165, 1.54) is 0 Å². The van der Waals surface area contributed by atoms with Gasteiger partial charge in [0.25, 0.3) is 5.91 Å². The first-order valence-electron chi connectivity index (χ1n) is 8.05. The van der Waals surface area contributed by atoms with Crippen LogP contribution in [0, 0.1) is 11.3 Å². The lowest BCUT2D eigenvalue weighted by atomic mass is 9.98. The van der Waals surface area contributed by atoms with E-state index in [9.17, 15) is 9.59 Å². The van der Waals surface area contributed by atoms with Crippen molar-refractivity contribution in [2.75, 3.05) is 11.9 Å². The van der Waals surface area contributed by atoms with Crippen molar-refractivity contribution in [3.05, 3.63) is 65.7 Å². The molecule has 25 heavy (non-hydrogen) atoms. The van der Waals surface area contributed by atoms with Crippen LogP contribution in [0.5, 0.6) is 0 Å². The predicted octanol–water partition coefficient (Wildman–Crippen LogP) is 3.43. The van der Waals surface area contributed by atoms with Gasteiger partial charge in [0.05, 0.1) is 18.9 Å². The first-order valence-corrected chi connectivity index (χ1v) is 8.05. The molecule has 5 heteroatoms. The Kier molecular flexibility index (Phi) is 6.73. The van der Waals surface area contributed by atoms with E-state index in [1.54, 1.807) is 24.3 Å². The van der Waals surface area contributed by atoms with E-state index < -0.39 is 11.9 Å². The molecule has 1 amide bonds. The average molecular weight is 336 g/mol. The fourth-order valence-electron chi connectivity index (χ4n) is 2.35. The summed E-state index contributed by atoms with van der Waals surface area (Å²) >= 11 is 0. The molecular formula is C20H20N2O3. The molecule has 0 radical (unpaired) electrons. The van der Waals surface area contributed by atoms with E-state index in [2.05, 4.69) is 11.4 Å². The molecule has 0 saturated carbocycles. The van der Waals surface area contributed by atoms with Crippen molar-refractivity contribution in [3.63, 3.8) is 0 Å². The summed E-state index contributed by atoms with van der Waals surface area (Å²) in [5.74, 6) is -0.769. The molecule has 2 aromatic carbocycles. The number of benzene rings is 2. The Morgan fingerprint density at radius 2 is 1.80 bits per heavy atom. The maximum Gasteiger partial charge on any atom is 0.306 e. The molecule has 128 valence electrons. The van der Waals surface area contributed by atoms with Crippen molar-refractivity contribution in [2.45, 2.75) is 25.7 Å². The molecule has 1 atom stereocenters. The van der Waals surface area contributed by atoms with Gasteiger partial charge in [-0.05, 0) is 29.2 Å². The number of anilines is 1. The van der Waals surface area contributed by atoms with Crippen LogP contribution in [0.15, 0.2) is 54.6 Å². The second-order valence-corrected chi connectivity index (χ2v) is 5.76. The molecule has 0 aromatic heterocycles. The third-order valence-corrected chi connectivity index (χ3v) is 3.73. The number of rotatable bonds is 7. The van der Waals surface area contributed by atoms with Gasteiger partial charge in [-0.25, -0.2) is 0 Å². The number of hydrogen-bond donors (Lipinski definition) is 1.